The molecule has 0 bridgehead atoms. The van der Waals surface area contributed by atoms with Crippen molar-refractivity contribution in [3.05, 3.63) is 54.1 Å². The second-order valence-corrected chi connectivity index (χ2v) is 6.91. The van der Waals surface area contributed by atoms with Crippen molar-refractivity contribution in [3.8, 4) is 5.75 Å². The zero-order valence-electron chi connectivity index (χ0n) is 16.7. The maximum absolute atomic E-state index is 12.1. The van der Waals surface area contributed by atoms with E-state index in [-0.39, 0.29) is 11.8 Å². The van der Waals surface area contributed by atoms with E-state index in [0.717, 1.165) is 61.8 Å². The minimum Gasteiger partial charge on any atom is -0.494 e. The van der Waals surface area contributed by atoms with Gasteiger partial charge in [-0.15, -0.1) is 0 Å². The van der Waals surface area contributed by atoms with Crippen molar-refractivity contribution in [2.24, 2.45) is 4.99 Å². The number of anilines is 1. The number of nitrogens with zero attached hydrogens (tertiary/aromatic N) is 2. The zero-order valence-corrected chi connectivity index (χ0v) is 16.7. The Kier molecular flexibility index (Phi) is 7.20. The van der Waals surface area contributed by atoms with Crippen molar-refractivity contribution in [2.45, 2.75) is 32.6 Å². The summed E-state index contributed by atoms with van der Waals surface area (Å²) in [6.45, 7) is 8.45. The molecule has 1 aliphatic rings. The highest BCUT2D eigenvalue weighted by Crippen LogP contribution is 2.31. The predicted molar refractivity (Wildman–Crippen MR) is 115 cm³/mol. The lowest BCUT2D eigenvalue weighted by Gasteiger charge is -2.17. The minimum absolute atomic E-state index is 0.0328. The summed E-state index contributed by atoms with van der Waals surface area (Å²) in [4.78, 5) is 19.0. The Labute approximate surface area is 167 Å². The molecule has 5 nitrogen and oxygen atoms in total. The summed E-state index contributed by atoms with van der Waals surface area (Å²) in [5.41, 5.74) is 2.65. The SMILES string of the molecule is CCN(CC)CCCCOc1ccc(N=CC2C(=O)Nc3ccccc32)cc1. The lowest BCUT2D eigenvalue weighted by atomic mass is 10.0. The van der Waals surface area contributed by atoms with E-state index in [1.54, 1.807) is 6.21 Å². The monoisotopic (exact) mass is 379 g/mol. The number of benzene rings is 2. The second-order valence-electron chi connectivity index (χ2n) is 6.91. The molecule has 0 radical (unpaired) electrons. The Morgan fingerprint density at radius 3 is 2.57 bits per heavy atom. The molecule has 1 N–H and O–H groups in total. The van der Waals surface area contributed by atoms with E-state index in [1.165, 1.54) is 0 Å². The summed E-state index contributed by atoms with van der Waals surface area (Å²) < 4.78 is 5.82. The minimum atomic E-state index is -0.335. The number of para-hydroxylation sites is 1. The van der Waals surface area contributed by atoms with Crippen LogP contribution in [0.3, 0.4) is 0 Å². The van der Waals surface area contributed by atoms with Gasteiger partial charge in [-0.05, 0) is 68.4 Å². The first-order chi connectivity index (χ1) is 13.7. The Bertz CT molecular complexity index is 798. The topological polar surface area (TPSA) is 53.9 Å². The molecule has 0 aliphatic carbocycles. The van der Waals surface area contributed by atoms with Crippen molar-refractivity contribution >= 4 is 23.5 Å². The third kappa shape index (κ3) is 5.20. The fourth-order valence-electron chi connectivity index (χ4n) is 3.34. The van der Waals surface area contributed by atoms with Crippen molar-refractivity contribution in [3.63, 3.8) is 0 Å². The highest BCUT2D eigenvalue weighted by molar-refractivity contribution is 6.12. The predicted octanol–water partition coefficient (Wildman–Crippen LogP) is 4.63. The molecule has 0 fully saturated rings. The van der Waals surface area contributed by atoms with Gasteiger partial charge in [0.1, 0.15) is 11.7 Å². The molecular formula is C23H29N3O2. The summed E-state index contributed by atoms with van der Waals surface area (Å²) in [5.74, 6) is 0.485. The first kappa shape index (κ1) is 20.1. The van der Waals surface area contributed by atoms with Crippen LogP contribution in [0.25, 0.3) is 0 Å². The van der Waals surface area contributed by atoms with Gasteiger partial charge >= 0.3 is 0 Å². The maximum atomic E-state index is 12.1. The number of ether oxygens (including phenoxy) is 1. The standard InChI is InChI=1S/C23H29N3O2/c1-3-26(4-2)15-7-8-16-28-19-13-11-18(12-14-19)24-17-21-20-9-5-6-10-22(20)25-23(21)27/h5-6,9-14,17,21H,3-4,7-8,15-16H2,1-2H3,(H,25,27). The van der Waals surface area contributed by atoms with E-state index < -0.39 is 0 Å². The van der Waals surface area contributed by atoms with Crippen LogP contribution in [-0.4, -0.2) is 43.3 Å². The fourth-order valence-corrected chi connectivity index (χ4v) is 3.34. The van der Waals surface area contributed by atoms with Gasteiger partial charge in [-0.3, -0.25) is 9.79 Å². The zero-order chi connectivity index (χ0) is 19.8. The summed E-state index contributed by atoms with van der Waals surface area (Å²) in [5, 5.41) is 2.89. The fraction of sp³-hybridized carbons (Fsp3) is 0.391. The van der Waals surface area contributed by atoms with Gasteiger partial charge in [-0.2, -0.15) is 0 Å². The van der Waals surface area contributed by atoms with Crippen LogP contribution in [-0.2, 0) is 4.79 Å². The molecule has 2 aromatic carbocycles. The number of hydrogen-bond acceptors (Lipinski definition) is 4. The Balaban J connectivity index is 1.47. The molecule has 3 rings (SSSR count). The number of hydrogen-bond donors (Lipinski definition) is 1. The highest BCUT2D eigenvalue weighted by atomic mass is 16.5. The number of carbonyl (C=O) groups is 1. The number of unbranched alkanes of at least 4 members (excludes halogenated alkanes) is 1. The third-order valence-corrected chi connectivity index (χ3v) is 5.08. The van der Waals surface area contributed by atoms with Gasteiger partial charge in [0.2, 0.25) is 5.91 Å². The number of amides is 1. The van der Waals surface area contributed by atoms with Crippen LogP contribution in [0.2, 0.25) is 0 Å². The van der Waals surface area contributed by atoms with Crippen LogP contribution in [0.5, 0.6) is 5.75 Å². The molecular weight excluding hydrogens is 350 g/mol. The van der Waals surface area contributed by atoms with Crippen molar-refractivity contribution in [2.75, 3.05) is 31.6 Å². The molecule has 0 saturated heterocycles. The Morgan fingerprint density at radius 2 is 1.82 bits per heavy atom. The summed E-state index contributed by atoms with van der Waals surface area (Å²) in [7, 11) is 0. The van der Waals surface area contributed by atoms with Gasteiger partial charge < -0.3 is 15.0 Å². The number of fused-ring (bicyclic) bond motifs is 1. The number of carbonyl (C=O) groups excluding carboxylic acids is 1. The van der Waals surface area contributed by atoms with E-state index in [9.17, 15) is 4.79 Å². The average molecular weight is 380 g/mol. The number of rotatable bonds is 10. The van der Waals surface area contributed by atoms with Crippen LogP contribution in [0, 0.1) is 0 Å². The molecule has 1 atom stereocenters. The van der Waals surface area contributed by atoms with E-state index in [0.29, 0.717) is 0 Å². The molecule has 1 amide bonds. The van der Waals surface area contributed by atoms with Gasteiger partial charge in [-0.25, -0.2) is 0 Å². The highest BCUT2D eigenvalue weighted by Gasteiger charge is 2.28. The molecule has 5 heteroatoms. The van der Waals surface area contributed by atoms with Gasteiger partial charge in [-0.1, -0.05) is 32.0 Å². The Morgan fingerprint density at radius 1 is 1.07 bits per heavy atom. The Hall–Kier alpha value is -2.66. The number of aliphatic imine (C=N–C) groups is 1. The smallest absolute Gasteiger partial charge is 0.237 e. The lowest BCUT2D eigenvalue weighted by Crippen LogP contribution is -2.24. The van der Waals surface area contributed by atoms with Gasteiger partial charge in [0.15, 0.2) is 0 Å². The quantitative estimate of drug-likeness (QED) is 0.484. The maximum Gasteiger partial charge on any atom is 0.237 e. The van der Waals surface area contributed by atoms with Crippen LogP contribution in [0.15, 0.2) is 53.5 Å². The van der Waals surface area contributed by atoms with Crippen molar-refractivity contribution < 1.29 is 9.53 Å². The average Bonchev–Trinajstić information content (AvgIpc) is 3.05. The molecule has 0 spiro atoms. The lowest BCUT2D eigenvalue weighted by molar-refractivity contribution is -0.115. The molecule has 1 unspecified atom stereocenters. The van der Waals surface area contributed by atoms with Gasteiger partial charge in [0.05, 0.1) is 12.3 Å². The largest absolute Gasteiger partial charge is 0.494 e. The molecule has 2 aromatic rings. The third-order valence-electron chi connectivity index (χ3n) is 5.08. The molecule has 1 aliphatic heterocycles. The molecule has 0 saturated carbocycles. The first-order valence-electron chi connectivity index (χ1n) is 10.1. The molecule has 28 heavy (non-hydrogen) atoms. The van der Waals surface area contributed by atoms with E-state index in [4.69, 9.17) is 4.74 Å². The van der Waals surface area contributed by atoms with Gasteiger partial charge in [0.25, 0.3) is 0 Å². The first-order valence-corrected chi connectivity index (χ1v) is 10.1. The van der Waals surface area contributed by atoms with Crippen molar-refractivity contribution in [1.82, 2.24) is 4.90 Å². The summed E-state index contributed by atoms with van der Waals surface area (Å²) in [6, 6.07) is 15.4. The molecule has 0 aromatic heterocycles. The van der Waals surface area contributed by atoms with E-state index >= 15 is 0 Å². The van der Waals surface area contributed by atoms with E-state index in [1.807, 2.05) is 48.5 Å². The van der Waals surface area contributed by atoms with Crippen LogP contribution < -0.4 is 10.1 Å². The van der Waals surface area contributed by atoms with Crippen LogP contribution in [0.1, 0.15) is 38.2 Å². The van der Waals surface area contributed by atoms with Crippen LogP contribution >= 0.6 is 0 Å². The molecule has 1 heterocycles. The van der Waals surface area contributed by atoms with E-state index in [2.05, 4.69) is 29.1 Å². The molecule has 148 valence electrons. The summed E-state index contributed by atoms with van der Waals surface area (Å²) in [6.07, 6.45) is 3.91. The number of nitrogens with one attached hydrogen (secondary N) is 1. The summed E-state index contributed by atoms with van der Waals surface area (Å²) >= 11 is 0. The van der Waals surface area contributed by atoms with Crippen molar-refractivity contribution in [1.29, 1.82) is 0 Å². The van der Waals surface area contributed by atoms with Crippen LogP contribution in [0.4, 0.5) is 11.4 Å². The van der Waals surface area contributed by atoms with Gasteiger partial charge in [0, 0.05) is 11.9 Å². The normalized spacial score (nSPS) is 15.8. The second kappa shape index (κ2) is 10.0.